The minimum Gasteiger partial charge on any atom is -0.497 e. The van der Waals surface area contributed by atoms with Gasteiger partial charge < -0.3 is 14.7 Å². The van der Waals surface area contributed by atoms with Gasteiger partial charge in [-0.15, -0.1) is 0 Å². The normalized spacial score (nSPS) is 12.3. The molecule has 0 unspecified atom stereocenters. The number of hydrogen-bond acceptors (Lipinski definition) is 4. The molecule has 1 N–H and O–H groups in total. The number of hydrogen-bond donors (Lipinski definition) is 1. The number of rotatable bonds is 6. The van der Waals surface area contributed by atoms with Crippen LogP contribution >= 0.6 is 0 Å². The van der Waals surface area contributed by atoms with Crippen LogP contribution < -0.4 is 4.74 Å². The molecule has 130 valence electrons. The second-order valence-electron chi connectivity index (χ2n) is 6.24. The van der Waals surface area contributed by atoms with Gasteiger partial charge in [0.25, 0.3) is 5.91 Å². The van der Waals surface area contributed by atoms with Gasteiger partial charge in [0.05, 0.1) is 12.8 Å². The Balaban J connectivity index is 2.14. The zero-order chi connectivity index (χ0) is 17.9. The highest BCUT2D eigenvalue weighted by molar-refractivity contribution is 5.82. The maximum absolute atomic E-state index is 12.5. The molecule has 0 aliphatic rings. The molecule has 0 saturated carbocycles. The fourth-order valence-electron chi connectivity index (χ4n) is 2.66. The summed E-state index contributed by atoms with van der Waals surface area (Å²) in [5, 5.41) is 14.8. The van der Waals surface area contributed by atoms with Crippen molar-refractivity contribution in [2.75, 3.05) is 14.2 Å². The molecule has 2 rings (SSSR count). The number of benzene rings is 1. The number of nitrogens with zero attached hydrogens (tertiary/aromatic N) is 3. The van der Waals surface area contributed by atoms with E-state index in [0.29, 0.717) is 17.9 Å². The summed E-state index contributed by atoms with van der Waals surface area (Å²) in [5.74, 6) is 0.520. The van der Waals surface area contributed by atoms with E-state index in [0.717, 1.165) is 11.3 Å². The molecule has 0 radical (unpaired) electrons. The molecule has 0 bridgehead atoms. The van der Waals surface area contributed by atoms with Gasteiger partial charge in [-0.25, -0.2) is 0 Å². The molecule has 1 amide bonds. The van der Waals surface area contributed by atoms with E-state index in [-0.39, 0.29) is 11.8 Å². The van der Waals surface area contributed by atoms with Crippen molar-refractivity contribution in [1.82, 2.24) is 14.7 Å². The second-order valence-corrected chi connectivity index (χ2v) is 6.24. The maximum Gasteiger partial charge on any atom is 0.256 e. The van der Waals surface area contributed by atoms with Crippen LogP contribution in [0, 0.1) is 0 Å². The van der Waals surface area contributed by atoms with Crippen LogP contribution in [0.4, 0.5) is 0 Å². The van der Waals surface area contributed by atoms with Crippen molar-refractivity contribution in [3.8, 4) is 5.75 Å². The molecular weight excluding hydrogens is 306 g/mol. The van der Waals surface area contributed by atoms with Gasteiger partial charge in [0.2, 0.25) is 0 Å². The number of aryl methyl sites for hydroxylation is 1. The monoisotopic (exact) mass is 331 g/mol. The Morgan fingerprint density at radius 3 is 2.75 bits per heavy atom. The highest BCUT2D eigenvalue weighted by Gasteiger charge is 2.23. The summed E-state index contributed by atoms with van der Waals surface area (Å²) in [6.45, 7) is 4.54. The number of ether oxygens (including phenoxy) is 1. The van der Waals surface area contributed by atoms with E-state index in [1.165, 1.54) is 4.90 Å². The lowest BCUT2D eigenvalue weighted by atomic mass is 10.1. The third-order valence-electron chi connectivity index (χ3n) is 3.91. The first-order valence-corrected chi connectivity index (χ1v) is 7.93. The SMILES string of the molecule is COc1cccc([C@H](O)C(=O)N(C)Cc2cn(C)nc2C(C)C)c1. The topological polar surface area (TPSA) is 67.6 Å². The predicted octanol–water partition coefficient (Wildman–Crippen LogP) is 2.24. The quantitative estimate of drug-likeness (QED) is 0.881. The van der Waals surface area contributed by atoms with Crippen molar-refractivity contribution in [2.45, 2.75) is 32.4 Å². The molecule has 0 fully saturated rings. The fraction of sp³-hybridized carbons (Fsp3) is 0.444. The lowest BCUT2D eigenvalue weighted by Crippen LogP contribution is -2.31. The highest BCUT2D eigenvalue weighted by atomic mass is 16.5. The van der Waals surface area contributed by atoms with Crippen molar-refractivity contribution >= 4 is 5.91 Å². The number of methoxy groups -OCH3 is 1. The number of aromatic nitrogens is 2. The van der Waals surface area contributed by atoms with Crippen LogP contribution in [0.2, 0.25) is 0 Å². The second kappa shape index (κ2) is 7.49. The van der Waals surface area contributed by atoms with E-state index >= 15 is 0 Å². The number of aliphatic hydroxyl groups excluding tert-OH is 1. The van der Waals surface area contributed by atoms with Gasteiger partial charge in [-0.3, -0.25) is 9.48 Å². The van der Waals surface area contributed by atoms with Crippen molar-refractivity contribution < 1.29 is 14.6 Å². The van der Waals surface area contributed by atoms with Crippen molar-refractivity contribution in [1.29, 1.82) is 0 Å². The smallest absolute Gasteiger partial charge is 0.256 e. The Hall–Kier alpha value is -2.34. The maximum atomic E-state index is 12.5. The van der Waals surface area contributed by atoms with Gasteiger partial charge in [-0.2, -0.15) is 5.10 Å². The molecule has 1 atom stereocenters. The summed E-state index contributed by atoms with van der Waals surface area (Å²) < 4.78 is 6.89. The molecule has 0 spiro atoms. The van der Waals surface area contributed by atoms with Gasteiger partial charge in [-0.1, -0.05) is 26.0 Å². The lowest BCUT2D eigenvalue weighted by molar-refractivity contribution is -0.139. The predicted molar refractivity (Wildman–Crippen MR) is 91.7 cm³/mol. The summed E-state index contributed by atoms with van der Waals surface area (Å²) in [4.78, 5) is 14.1. The first kappa shape index (κ1) is 18.0. The van der Waals surface area contributed by atoms with Crippen molar-refractivity contribution in [2.24, 2.45) is 7.05 Å². The van der Waals surface area contributed by atoms with Crippen LogP contribution in [-0.2, 0) is 18.4 Å². The van der Waals surface area contributed by atoms with E-state index in [9.17, 15) is 9.90 Å². The summed E-state index contributed by atoms with van der Waals surface area (Å²) in [7, 11) is 5.10. The summed E-state index contributed by atoms with van der Waals surface area (Å²) in [5.41, 5.74) is 2.47. The van der Waals surface area contributed by atoms with Crippen LogP contribution in [0.15, 0.2) is 30.5 Å². The minimum atomic E-state index is -1.22. The molecule has 2 aromatic rings. The van der Waals surface area contributed by atoms with Gasteiger partial charge in [-0.05, 0) is 23.6 Å². The third kappa shape index (κ3) is 3.94. The number of amides is 1. The highest BCUT2D eigenvalue weighted by Crippen LogP contribution is 2.23. The van der Waals surface area contributed by atoms with E-state index in [2.05, 4.69) is 18.9 Å². The molecule has 24 heavy (non-hydrogen) atoms. The zero-order valence-electron chi connectivity index (χ0n) is 14.9. The van der Waals surface area contributed by atoms with Crippen LogP contribution in [-0.4, -0.2) is 39.9 Å². The lowest BCUT2D eigenvalue weighted by Gasteiger charge is -2.21. The molecule has 6 heteroatoms. The molecule has 1 heterocycles. The zero-order valence-corrected chi connectivity index (χ0v) is 14.9. The number of carbonyl (C=O) groups is 1. The molecule has 0 saturated heterocycles. The van der Waals surface area contributed by atoms with Crippen LogP contribution in [0.3, 0.4) is 0 Å². The fourth-order valence-corrected chi connectivity index (χ4v) is 2.66. The van der Waals surface area contributed by atoms with Crippen LogP contribution in [0.5, 0.6) is 5.75 Å². The van der Waals surface area contributed by atoms with Gasteiger partial charge >= 0.3 is 0 Å². The standard InChI is InChI=1S/C18H25N3O3/c1-12(2)16-14(11-21(4)19-16)10-20(3)18(23)17(22)13-7-6-8-15(9-13)24-5/h6-9,11-12,17,22H,10H2,1-5H3/t17-/m0/s1. The number of aliphatic hydroxyl groups is 1. The molecule has 1 aromatic carbocycles. The average Bonchev–Trinajstić information content (AvgIpc) is 2.94. The van der Waals surface area contributed by atoms with Gasteiger partial charge in [0, 0.05) is 32.4 Å². The molecule has 6 nitrogen and oxygen atoms in total. The van der Waals surface area contributed by atoms with Crippen molar-refractivity contribution in [3.05, 3.63) is 47.3 Å². The average molecular weight is 331 g/mol. The van der Waals surface area contributed by atoms with E-state index in [1.807, 2.05) is 13.2 Å². The van der Waals surface area contributed by atoms with E-state index in [4.69, 9.17) is 4.74 Å². The summed E-state index contributed by atoms with van der Waals surface area (Å²) in [6, 6.07) is 6.90. The van der Waals surface area contributed by atoms with Crippen LogP contribution in [0.25, 0.3) is 0 Å². The van der Waals surface area contributed by atoms with Crippen molar-refractivity contribution in [3.63, 3.8) is 0 Å². The van der Waals surface area contributed by atoms with Crippen LogP contribution in [0.1, 0.15) is 42.7 Å². The first-order chi connectivity index (χ1) is 11.3. The largest absolute Gasteiger partial charge is 0.497 e. The number of likely N-dealkylation sites (N-methyl/N-ethyl adjacent to an activating group) is 1. The first-order valence-electron chi connectivity index (χ1n) is 7.93. The minimum absolute atomic E-state index is 0.271. The third-order valence-corrected chi connectivity index (χ3v) is 3.91. The summed E-state index contributed by atoms with van der Waals surface area (Å²) >= 11 is 0. The molecule has 1 aromatic heterocycles. The van der Waals surface area contributed by atoms with Gasteiger partial charge in [0.1, 0.15) is 5.75 Å². The molecular formula is C18H25N3O3. The number of carbonyl (C=O) groups excluding carboxylic acids is 1. The van der Waals surface area contributed by atoms with Gasteiger partial charge in [0.15, 0.2) is 6.10 Å². The van der Waals surface area contributed by atoms with E-state index in [1.54, 1.807) is 43.1 Å². The molecule has 0 aliphatic carbocycles. The Bertz CT molecular complexity index is 709. The Morgan fingerprint density at radius 2 is 2.12 bits per heavy atom. The molecule has 0 aliphatic heterocycles. The summed E-state index contributed by atoms with van der Waals surface area (Å²) in [6.07, 6.45) is 0.695. The Kier molecular flexibility index (Phi) is 5.62. The Morgan fingerprint density at radius 1 is 1.42 bits per heavy atom. The van der Waals surface area contributed by atoms with E-state index < -0.39 is 6.10 Å². The Labute approximate surface area is 142 Å².